The van der Waals surface area contributed by atoms with Crippen molar-refractivity contribution in [1.82, 2.24) is 13.3 Å². The van der Waals surface area contributed by atoms with Gasteiger partial charge >= 0.3 is 10.2 Å². The summed E-state index contributed by atoms with van der Waals surface area (Å²) in [6, 6.07) is 28.7. The van der Waals surface area contributed by atoms with E-state index in [0.29, 0.717) is 6.61 Å². The summed E-state index contributed by atoms with van der Waals surface area (Å²) in [6.45, 7) is 2.29. The standard InChI is InChI=1S/C33H41N3O7S/c1-25-31(34-24-36(25)44(39,40)35(2)3)32(38)33(43-22-28-17-11-6-12-18-28)30(42-21-27-15-9-5-10-16-27)19-29(37)23-41-20-26-13-7-4-8-14-26/h4-18,24,29-30,32-33,37-38H,19-23H2,1-3H3/t29-,30-,32+,33-/m1/s1. The average molecular weight is 624 g/mol. The molecular formula is C33H41N3O7S. The van der Waals surface area contributed by atoms with Crippen LogP contribution in [0.25, 0.3) is 0 Å². The molecule has 0 aliphatic heterocycles. The number of hydrogen-bond donors (Lipinski definition) is 2. The fourth-order valence-corrected chi connectivity index (χ4v) is 5.69. The van der Waals surface area contributed by atoms with Crippen LogP contribution in [0.3, 0.4) is 0 Å². The number of benzene rings is 3. The third-order valence-corrected chi connectivity index (χ3v) is 8.98. The molecule has 1 aromatic heterocycles. The number of ether oxygens (including phenoxy) is 3. The first-order valence-electron chi connectivity index (χ1n) is 14.4. The zero-order valence-corrected chi connectivity index (χ0v) is 26.1. The van der Waals surface area contributed by atoms with E-state index in [1.807, 2.05) is 91.0 Å². The van der Waals surface area contributed by atoms with Gasteiger partial charge in [0.1, 0.15) is 18.5 Å². The van der Waals surface area contributed by atoms with Gasteiger partial charge in [-0.1, -0.05) is 91.0 Å². The summed E-state index contributed by atoms with van der Waals surface area (Å²) in [5, 5.41) is 22.8. The molecule has 0 amide bonds. The number of aliphatic hydroxyl groups is 2. The Labute approximate surface area is 259 Å². The Morgan fingerprint density at radius 1 is 0.795 bits per heavy atom. The van der Waals surface area contributed by atoms with Crippen molar-refractivity contribution in [3.8, 4) is 0 Å². The summed E-state index contributed by atoms with van der Waals surface area (Å²) in [5.41, 5.74) is 3.14. The topological polar surface area (TPSA) is 123 Å². The maximum Gasteiger partial charge on any atom is 0.308 e. The molecule has 4 aromatic rings. The molecule has 0 spiro atoms. The smallest absolute Gasteiger partial charge is 0.308 e. The fourth-order valence-electron chi connectivity index (χ4n) is 4.73. The Balaban J connectivity index is 1.60. The second-order valence-corrected chi connectivity index (χ2v) is 12.8. The first-order chi connectivity index (χ1) is 21.2. The largest absolute Gasteiger partial charge is 0.391 e. The quantitative estimate of drug-likeness (QED) is 0.181. The van der Waals surface area contributed by atoms with Crippen molar-refractivity contribution < 1.29 is 32.8 Å². The van der Waals surface area contributed by atoms with Crippen molar-refractivity contribution >= 4 is 10.2 Å². The number of aromatic nitrogens is 2. The average Bonchev–Trinajstić information content (AvgIpc) is 3.43. The maximum absolute atomic E-state index is 12.9. The molecule has 0 aliphatic carbocycles. The minimum absolute atomic E-state index is 0.0380. The van der Waals surface area contributed by atoms with Crippen molar-refractivity contribution in [3.63, 3.8) is 0 Å². The third-order valence-electron chi connectivity index (χ3n) is 7.19. The Morgan fingerprint density at radius 3 is 1.82 bits per heavy atom. The highest BCUT2D eigenvalue weighted by Crippen LogP contribution is 2.29. The van der Waals surface area contributed by atoms with Gasteiger partial charge in [0.2, 0.25) is 0 Å². The van der Waals surface area contributed by atoms with Crippen LogP contribution >= 0.6 is 0 Å². The number of rotatable bonds is 17. The van der Waals surface area contributed by atoms with E-state index in [-0.39, 0.29) is 37.6 Å². The Bertz CT molecular complexity index is 1520. The monoisotopic (exact) mass is 623 g/mol. The van der Waals surface area contributed by atoms with Crippen LogP contribution < -0.4 is 0 Å². The molecule has 0 fully saturated rings. The predicted molar refractivity (Wildman–Crippen MR) is 167 cm³/mol. The lowest BCUT2D eigenvalue weighted by molar-refractivity contribution is -0.147. The number of imidazole rings is 1. The lowest BCUT2D eigenvalue weighted by atomic mass is 9.98. The Kier molecular flexibility index (Phi) is 12.2. The molecule has 0 aliphatic rings. The molecule has 10 nitrogen and oxygen atoms in total. The summed E-state index contributed by atoms with van der Waals surface area (Å²) in [6.07, 6.45) is -2.92. The number of nitrogens with zero attached hydrogens (tertiary/aromatic N) is 3. The van der Waals surface area contributed by atoms with E-state index in [2.05, 4.69) is 4.98 Å². The molecular weight excluding hydrogens is 582 g/mol. The number of hydrogen-bond acceptors (Lipinski definition) is 8. The van der Waals surface area contributed by atoms with Crippen LogP contribution in [-0.2, 0) is 44.2 Å². The van der Waals surface area contributed by atoms with E-state index in [1.54, 1.807) is 6.92 Å². The highest BCUT2D eigenvalue weighted by atomic mass is 32.2. The lowest BCUT2D eigenvalue weighted by Gasteiger charge is -2.32. The fraction of sp³-hybridized carbons (Fsp3) is 0.364. The Hall–Kier alpha value is -3.42. The molecule has 0 bridgehead atoms. The Morgan fingerprint density at radius 2 is 1.30 bits per heavy atom. The van der Waals surface area contributed by atoms with Crippen LogP contribution in [-0.4, -0.2) is 70.9 Å². The van der Waals surface area contributed by atoms with Crippen molar-refractivity contribution in [2.24, 2.45) is 0 Å². The van der Waals surface area contributed by atoms with Gasteiger partial charge in [0.15, 0.2) is 0 Å². The molecule has 236 valence electrons. The van der Waals surface area contributed by atoms with Gasteiger partial charge in [-0.05, 0) is 23.6 Å². The summed E-state index contributed by atoms with van der Waals surface area (Å²) < 4.78 is 46.3. The molecule has 1 heterocycles. The van der Waals surface area contributed by atoms with E-state index in [1.165, 1.54) is 20.4 Å². The van der Waals surface area contributed by atoms with Crippen LogP contribution in [0.1, 0.15) is 40.6 Å². The van der Waals surface area contributed by atoms with Crippen molar-refractivity contribution in [2.75, 3.05) is 20.7 Å². The van der Waals surface area contributed by atoms with Gasteiger partial charge in [-0.3, -0.25) is 0 Å². The van der Waals surface area contributed by atoms with Gasteiger partial charge in [-0.2, -0.15) is 12.7 Å². The molecule has 44 heavy (non-hydrogen) atoms. The van der Waals surface area contributed by atoms with E-state index in [0.717, 1.165) is 25.0 Å². The molecule has 4 atom stereocenters. The van der Waals surface area contributed by atoms with Crippen LogP contribution in [0.5, 0.6) is 0 Å². The minimum Gasteiger partial charge on any atom is -0.391 e. The minimum atomic E-state index is -3.87. The molecule has 4 rings (SSSR count). The summed E-state index contributed by atoms with van der Waals surface area (Å²) >= 11 is 0. The molecule has 11 heteroatoms. The number of aliphatic hydroxyl groups excluding tert-OH is 2. The summed E-state index contributed by atoms with van der Waals surface area (Å²) in [7, 11) is -1.03. The zero-order chi connectivity index (χ0) is 31.5. The lowest BCUT2D eigenvalue weighted by Crippen LogP contribution is -2.40. The van der Waals surface area contributed by atoms with E-state index >= 15 is 0 Å². The van der Waals surface area contributed by atoms with E-state index < -0.39 is 34.6 Å². The van der Waals surface area contributed by atoms with Gasteiger partial charge in [0, 0.05) is 20.5 Å². The van der Waals surface area contributed by atoms with Crippen LogP contribution in [0, 0.1) is 6.92 Å². The summed E-state index contributed by atoms with van der Waals surface area (Å²) in [5.74, 6) is 0. The maximum atomic E-state index is 12.9. The van der Waals surface area contributed by atoms with Gasteiger partial charge in [-0.15, -0.1) is 0 Å². The molecule has 0 saturated carbocycles. The highest BCUT2D eigenvalue weighted by molar-refractivity contribution is 7.87. The third kappa shape index (κ3) is 9.05. The predicted octanol–water partition coefficient (Wildman–Crippen LogP) is 4.02. The van der Waals surface area contributed by atoms with Gasteiger partial charge in [0.25, 0.3) is 0 Å². The van der Waals surface area contributed by atoms with Crippen LogP contribution in [0.15, 0.2) is 97.3 Å². The van der Waals surface area contributed by atoms with E-state index in [4.69, 9.17) is 14.2 Å². The zero-order valence-electron chi connectivity index (χ0n) is 25.3. The SMILES string of the molecule is Cc1c([C@H](O)[C@H](OCc2ccccc2)[C@@H](C[C@@H](O)COCc2ccccc2)OCc2ccccc2)ncn1S(=O)(=O)N(C)C. The molecule has 0 saturated heterocycles. The van der Waals surface area contributed by atoms with E-state index in [9.17, 15) is 18.6 Å². The molecule has 3 aromatic carbocycles. The first-order valence-corrected chi connectivity index (χ1v) is 15.8. The van der Waals surface area contributed by atoms with Crippen molar-refractivity contribution in [3.05, 3.63) is 125 Å². The highest BCUT2D eigenvalue weighted by Gasteiger charge is 2.36. The van der Waals surface area contributed by atoms with Gasteiger partial charge in [-0.25, -0.2) is 8.96 Å². The molecule has 0 unspecified atom stereocenters. The summed E-state index contributed by atoms with van der Waals surface area (Å²) in [4.78, 5) is 4.29. The van der Waals surface area contributed by atoms with Crippen molar-refractivity contribution in [1.29, 1.82) is 0 Å². The second-order valence-electron chi connectivity index (χ2n) is 10.7. The first kappa shape index (κ1) is 33.5. The van der Waals surface area contributed by atoms with Crippen LogP contribution in [0.2, 0.25) is 0 Å². The van der Waals surface area contributed by atoms with Crippen LogP contribution in [0.4, 0.5) is 0 Å². The van der Waals surface area contributed by atoms with Gasteiger partial charge < -0.3 is 24.4 Å². The van der Waals surface area contributed by atoms with Crippen molar-refractivity contribution in [2.45, 2.75) is 57.6 Å². The molecule has 2 N–H and O–H groups in total. The van der Waals surface area contributed by atoms with Gasteiger partial charge in [0.05, 0.1) is 50.0 Å². The normalized spacial score (nSPS) is 14.8. The molecule has 0 radical (unpaired) electrons. The second kappa shape index (κ2) is 16.1.